The summed E-state index contributed by atoms with van der Waals surface area (Å²) < 4.78 is 0. The second kappa shape index (κ2) is 4.40. The van der Waals surface area contributed by atoms with Crippen LogP contribution in [0.15, 0.2) is 24.4 Å². The third kappa shape index (κ3) is 2.28. The summed E-state index contributed by atoms with van der Waals surface area (Å²) in [6, 6.07) is 0. The van der Waals surface area contributed by atoms with Gasteiger partial charge in [-0.1, -0.05) is 6.08 Å². The van der Waals surface area contributed by atoms with E-state index in [0.717, 1.165) is 0 Å². The molecule has 5 nitrogen and oxygen atoms in total. The number of amidine groups is 1. The molecule has 1 aliphatic rings. The number of allylic oxidation sites excluding steroid dienone is 2. The van der Waals surface area contributed by atoms with Crippen LogP contribution in [-0.4, -0.2) is 27.6 Å². The van der Waals surface area contributed by atoms with E-state index in [0.29, 0.717) is 17.2 Å². The zero-order valence-corrected chi connectivity index (χ0v) is 6.90. The van der Waals surface area contributed by atoms with E-state index in [1.54, 1.807) is 11.8 Å². The maximum atomic E-state index is 10.6. The minimum Gasteiger partial charge on any atom is -0.693 e. The zero-order valence-electron chi connectivity index (χ0n) is 6.90. The molecule has 1 aliphatic heterocycles. The molecule has 1 heterocycles. The van der Waals surface area contributed by atoms with E-state index in [1.807, 2.05) is 24.4 Å². The van der Waals surface area contributed by atoms with Crippen LogP contribution in [0.4, 0.5) is 0 Å². The molecule has 1 rings (SSSR count). The molecule has 0 aromatic rings. The smallest absolute Gasteiger partial charge is 0.275 e. The number of hydrogen-bond acceptors (Lipinski definition) is 2. The standard InChI is InChI=1S/C7H11N3O.H2O/c1-7(10(8)11)9-5-3-2-4-6-9;/h2-5H,6,8H2,1H3;1H2. The van der Waals surface area contributed by atoms with Crippen LogP contribution >= 0.6 is 0 Å². The minimum absolute atomic E-state index is 0. The molecule has 12 heavy (non-hydrogen) atoms. The second-order valence-corrected chi connectivity index (χ2v) is 2.30. The van der Waals surface area contributed by atoms with Crippen molar-refractivity contribution in [2.45, 2.75) is 6.92 Å². The lowest BCUT2D eigenvalue weighted by molar-refractivity contribution is -0.474. The lowest BCUT2D eigenvalue weighted by Crippen LogP contribution is -2.34. The van der Waals surface area contributed by atoms with Crippen LogP contribution in [0, 0.1) is 5.21 Å². The third-order valence-corrected chi connectivity index (χ3v) is 1.55. The predicted octanol–water partition coefficient (Wildman–Crippen LogP) is -0.650. The number of nitrogens with two attached hydrogens (primary N) is 1. The van der Waals surface area contributed by atoms with E-state index < -0.39 is 0 Å². The summed E-state index contributed by atoms with van der Waals surface area (Å²) >= 11 is 0. The van der Waals surface area contributed by atoms with Crippen LogP contribution in [0.5, 0.6) is 0 Å². The van der Waals surface area contributed by atoms with Crippen molar-refractivity contribution in [2.75, 3.05) is 6.54 Å². The van der Waals surface area contributed by atoms with E-state index in [1.165, 1.54) is 0 Å². The quantitative estimate of drug-likeness (QED) is 0.131. The Morgan fingerprint density at radius 1 is 1.58 bits per heavy atom. The third-order valence-electron chi connectivity index (χ3n) is 1.55. The fourth-order valence-corrected chi connectivity index (χ4v) is 0.834. The molecule has 0 aliphatic carbocycles. The molecule has 5 heteroatoms. The molecular weight excluding hydrogens is 158 g/mol. The molecule has 68 valence electrons. The van der Waals surface area contributed by atoms with Gasteiger partial charge in [0, 0.05) is 6.92 Å². The van der Waals surface area contributed by atoms with Gasteiger partial charge in [0.2, 0.25) is 0 Å². The van der Waals surface area contributed by atoms with Gasteiger partial charge in [0.05, 0.1) is 6.20 Å². The zero-order chi connectivity index (χ0) is 8.27. The fourth-order valence-electron chi connectivity index (χ4n) is 0.834. The molecule has 0 fully saturated rings. The lowest BCUT2D eigenvalue weighted by atomic mass is 10.3. The Labute approximate surface area is 70.9 Å². The average molecular weight is 171 g/mol. The predicted molar refractivity (Wildman–Crippen MR) is 47.1 cm³/mol. The molecule has 0 amide bonds. The summed E-state index contributed by atoms with van der Waals surface area (Å²) in [5.41, 5.74) is 0. The van der Waals surface area contributed by atoms with Crippen LogP contribution in [0.25, 0.3) is 0 Å². The van der Waals surface area contributed by atoms with Gasteiger partial charge in [0.25, 0.3) is 5.84 Å². The van der Waals surface area contributed by atoms with Gasteiger partial charge < -0.3 is 10.7 Å². The van der Waals surface area contributed by atoms with Crippen molar-refractivity contribution in [1.29, 1.82) is 0 Å². The molecule has 0 unspecified atom stereocenters. The Kier molecular flexibility index (Phi) is 3.85. The Balaban J connectivity index is 0.00000121. The van der Waals surface area contributed by atoms with Crippen LogP contribution in [0.1, 0.15) is 6.92 Å². The molecule has 0 bridgehead atoms. The van der Waals surface area contributed by atoms with Crippen LogP contribution in [0.3, 0.4) is 0 Å². The van der Waals surface area contributed by atoms with Gasteiger partial charge in [-0.15, -0.1) is 0 Å². The van der Waals surface area contributed by atoms with Crippen LogP contribution in [0.2, 0.25) is 0 Å². The normalized spacial score (nSPS) is 16.9. The van der Waals surface area contributed by atoms with Crippen LogP contribution in [-0.2, 0) is 0 Å². The molecule has 4 N–H and O–H groups in total. The summed E-state index contributed by atoms with van der Waals surface area (Å²) in [5, 5.41) is 10.6. The van der Waals surface area contributed by atoms with Gasteiger partial charge in [-0.25, -0.2) is 4.90 Å². The molecular formula is C7H13N3O2. The highest BCUT2D eigenvalue weighted by Gasteiger charge is 2.11. The molecule has 0 atom stereocenters. The highest BCUT2D eigenvalue weighted by Crippen LogP contribution is 1.98. The molecule has 0 radical (unpaired) electrons. The second-order valence-electron chi connectivity index (χ2n) is 2.30. The summed E-state index contributed by atoms with van der Waals surface area (Å²) in [7, 11) is 0. The Bertz CT molecular complexity index is 229. The van der Waals surface area contributed by atoms with Gasteiger partial charge in [-0.3, -0.25) is 5.84 Å². The maximum absolute atomic E-state index is 10.6. The lowest BCUT2D eigenvalue weighted by Gasteiger charge is -2.15. The Morgan fingerprint density at radius 2 is 2.25 bits per heavy atom. The number of hydrogen-bond donors (Lipinski definition) is 1. The van der Waals surface area contributed by atoms with Crippen molar-refractivity contribution in [2.24, 2.45) is 5.84 Å². The summed E-state index contributed by atoms with van der Waals surface area (Å²) in [5.74, 6) is 5.50. The van der Waals surface area contributed by atoms with Crippen LogP contribution < -0.4 is 5.84 Å². The first-order valence-electron chi connectivity index (χ1n) is 3.37. The SMILES string of the molecule is CC(N1C=CC=CC1)=[N+](N)[O-].O. The first kappa shape index (κ1) is 10.5. The van der Waals surface area contributed by atoms with Crippen molar-refractivity contribution < 1.29 is 10.3 Å². The molecule has 0 saturated carbocycles. The largest absolute Gasteiger partial charge is 0.693 e. The summed E-state index contributed by atoms with van der Waals surface area (Å²) in [6.07, 6.45) is 7.55. The molecule has 0 aromatic heterocycles. The monoisotopic (exact) mass is 171 g/mol. The van der Waals surface area contributed by atoms with E-state index in [-0.39, 0.29) is 5.48 Å². The Morgan fingerprint density at radius 3 is 2.67 bits per heavy atom. The van der Waals surface area contributed by atoms with Gasteiger partial charge in [0.15, 0.2) is 0 Å². The highest BCUT2D eigenvalue weighted by molar-refractivity contribution is 5.76. The van der Waals surface area contributed by atoms with E-state index in [4.69, 9.17) is 5.84 Å². The number of hydrazine groups is 1. The first-order valence-corrected chi connectivity index (χ1v) is 3.37. The Hall–Kier alpha value is -1.49. The summed E-state index contributed by atoms with van der Waals surface area (Å²) in [4.78, 5) is 2.14. The van der Waals surface area contributed by atoms with Crippen molar-refractivity contribution >= 4 is 5.84 Å². The van der Waals surface area contributed by atoms with Crippen molar-refractivity contribution in [3.8, 4) is 0 Å². The number of nitrogens with zero attached hydrogens (tertiary/aromatic N) is 2. The van der Waals surface area contributed by atoms with Crippen molar-refractivity contribution in [3.63, 3.8) is 0 Å². The maximum Gasteiger partial charge on any atom is 0.275 e. The van der Waals surface area contributed by atoms with E-state index in [9.17, 15) is 5.21 Å². The molecule has 0 aromatic carbocycles. The topological polar surface area (TPSA) is 86.8 Å². The minimum atomic E-state index is 0. The fraction of sp³-hybridized carbons (Fsp3) is 0.286. The average Bonchev–Trinajstić information content (AvgIpc) is 2.05. The van der Waals surface area contributed by atoms with E-state index in [2.05, 4.69) is 0 Å². The van der Waals surface area contributed by atoms with Gasteiger partial charge in [0.1, 0.15) is 6.54 Å². The number of hydrazone groups is 1. The molecule has 0 saturated heterocycles. The van der Waals surface area contributed by atoms with E-state index >= 15 is 0 Å². The first-order chi connectivity index (χ1) is 5.22. The van der Waals surface area contributed by atoms with Gasteiger partial charge in [-0.05, 0) is 12.2 Å². The highest BCUT2D eigenvalue weighted by atomic mass is 16.5. The molecule has 0 spiro atoms. The van der Waals surface area contributed by atoms with Crippen molar-refractivity contribution in [1.82, 2.24) is 4.90 Å². The summed E-state index contributed by atoms with van der Waals surface area (Å²) in [6.45, 7) is 2.38. The number of rotatable bonds is 0. The van der Waals surface area contributed by atoms with Gasteiger partial charge in [-0.2, -0.15) is 4.85 Å². The van der Waals surface area contributed by atoms with Crippen molar-refractivity contribution in [3.05, 3.63) is 29.6 Å². The van der Waals surface area contributed by atoms with Gasteiger partial charge >= 0.3 is 0 Å².